The van der Waals surface area contributed by atoms with Crippen molar-refractivity contribution in [2.75, 3.05) is 6.16 Å². The number of phenols is 1. The summed E-state index contributed by atoms with van der Waals surface area (Å²) in [4.78, 5) is 0. The number of fused-ring (bicyclic) bond motifs is 1. The van der Waals surface area contributed by atoms with Gasteiger partial charge in [-0.25, -0.2) is 0 Å². The van der Waals surface area contributed by atoms with Crippen LogP contribution < -0.4 is 20.7 Å². The van der Waals surface area contributed by atoms with Crippen molar-refractivity contribution in [2.45, 2.75) is 104 Å². The number of ether oxygens (including phenoxy) is 1. The fraction of sp³-hybridized carbons (Fsp3) is 0.415. The minimum absolute atomic E-state index is 0.0977. The van der Waals surface area contributed by atoms with E-state index in [1.807, 2.05) is 13.8 Å². The largest absolute Gasteiger partial charge is 0.507 e. The summed E-state index contributed by atoms with van der Waals surface area (Å²) in [5.74, 6) is 1.47. The molecule has 5 rings (SSSR count). The molecule has 1 unspecified atom stereocenters. The summed E-state index contributed by atoms with van der Waals surface area (Å²) in [6.07, 6.45) is 14.7. The maximum absolute atomic E-state index is 10.5. The van der Waals surface area contributed by atoms with Gasteiger partial charge in [0.1, 0.15) is 40.3 Å². The Morgan fingerprint density at radius 1 is 0.614 bits per heavy atom. The summed E-state index contributed by atoms with van der Waals surface area (Å²) in [5.41, 5.74) is 4.17. The van der Waals surface area contributed by atoms with E-state index in [2.05, 4.69) is 105 Å². The van der Waals surface area contributed by atoms with E-state index >= 15 is 0 Å². The third-order valence-electron chi connectivity index (χ3n) is 10.1. The molecular weight excluding hydrogens is 555 g/mol. The number of rotatable bonds is 14. The molecule has 0 aliphatic carbocycles. The highest BCUT2D eigenvalue weighted by Gasteiger charge is 2.44. The summed E-state index contributed by atoms with van der Waals surface area (Å²) in [5, 5.41) is 15.0. The second-order valence-electron chi connectivity index (χ2n) is 13.2. The quantitative estimate of drug-likeness (QED) is 0.114. The minimum Gasteiger partial charge on any atom is -0.507 e. The first kappa shape index (κ1) is 32.3. The van der Waals surface area contributed by atoms with Crippen LogP contribution >= 0.6 is 7.26 Å². The molecule has 1 atom stereocenters. The lowest BCUT2D eigenvalue weighted by Crippen LogP contribution is -2.37. The monoisotopic (exact) mass is 607 g/mol. The molecule has 0 amide bonds. The second kappa shape index (κ2) is 14.8. The fourth-order valence-corrected chi connectivity index (χ4v) is 11.7. The van der Waals surface area contributed by atoms with Crippen LogP contribution in [-0.4, -0.2) is 16.9 Å². The van der Waals surface area contributed by atoms with Crippen LogP contribution in [0.5, 0.6) is 11.5 Å². The summed E-state index contributed by atoms with van der Waals surface area (Å²) < 4.78 is 6.65. The molecule has 1 aliphatic rings. The number of hydrogen-bond acceptors (Lipinski definition) is 2. The molecule has 0 spiro atoms. The molecule has 1 heterocycles. The third kappa shape index (κ3) is 7.07. The lowest BCUT2D eigenvalue weighted by Gasteiger charge is -2.38. The van der Waals surface area contributed by atoms with Crippen molar-refractivity contribution in [2.24, 2.45) is 0 Å². The van der Waals surface area contributed by atoms with Crippen molar-refractivity contribution in [1.82, 2.24) is 0 Å². The van der Waals surface area contributed by atoms with E-state index in [1.54, 1.807) is 0 Å². The van der Waals surface area contributed by atoms with Gasteiger partial charge in [-0.15, -0.1) is 0 Å². The average molecular weight is 608 g/mol. The fourth-order valence-electron chi connectivity index (χ4n) is 7.26. The van der Waals surface area contributed by atoms with Crippen molar-refractivity contribution in [3.05, 3.63) is 113 Å². The van der Waals surface area contributed by atoms with Gasteiger partial charge in [0.2, 0.25) is 0 Å². The van der Waals surface area contributed by atoms with Crippen LogP contribution in [0, 0.1) is 20.8 Å². The smallest absolute Gasteiger partial charge is 0.127 e. The highest BCUT2D eigenvalue weighted by Crippen LogP contribution is 2.56. The number of aromatic hydroxyl groups is 1. The Hall–Kier alpha value is -3.09. The summed E-state index contributed by atoms with van der Waals surface area (Å²) in [7, 11) is -1.70. The highest BCUT2D eigenvalue weighted by molar-refractivity contribution is 7.95. The Kier molecular flexibility index (Phi) is 10.9. The Labute approximate surface area is 267 Å². The lowest BCUT2D eigenvalue weighted by atomic mass is 9.84. The van der Waals surface area contributed by atoms with E-state index in [1.165, 1.54) is 79.0 Å². The van der Waals surface area contributed by atoms with Gasteiger partial charge in [0.15, 0.2) is 0 Å². The first-order chi connectivity index (χ1) is 21.4. The van der Waals surface area contributed by atoms with Crippen molar-refractivity contribution in [1.29, 1.82) is 0 Å². The van der Waals surface area contributed by atoms with Crippen LogP contribution in [0.4, 0.5) is 0 Å². The van der Waals surface area contributed by atoms with E-state index in [-0.39, 0.29) is 5.60 Å². The molecule has 0 aromatic heterocycles. The number of benzene rings is 4. The van der Waals surface area contributed by atoms with Gasteiger partial charge < -0.3 is 9.84 Å². The van der Waals surface area contributed by atoms with E-state index in [0.29, 0.717) is 5.75 Å². The maximum atomic E-state index is 10.5. The summed E-state index contributed by atoms with van der Waals surface area (Å²) >= 11 is 0. The molecule has 0 fully saturated rings. The van der Waals surface area contributed by atoms with Crippen LogP contribution in [0.25, 0.3) is 0 Å². The van der Waals surface area contributed by atoms with Crippen molar-refractivity contribution in [3.63, 3.8) is 0 Å². The third-order valence-corrected chi connectivity index (χ3v) is 14.7. The van der Waals surface area contributed by atoms with Crippen LogP contribution in [0.1, 0.15) is 93.4 Å². The normalized spacial score (nSPS) is 16.4. The maximum Gasteiger partial charge on any atom is 0.127 e. The van der Waals surface area contributed by atoms with Crippen LogP contribution in [0.2, 0.25) is 0 Å². The first-order valence-electron chi connectivity index (χ1n) is 16.9. The van der Waals surface area contributed by atoms with E-state index in [9.17, 15) is 5.11 Å². The predicted octanol–water partition coefficient (Wildman–Crippen LogP) is 9.91. The molecule has 4 aromatic rings. The van der Waals surface area contributed by atoms with E-state index in [4.69, 9.17) is 4.74 Å². The van der Waals surface area contributed by atoms with Crippen LogP contribution in [-0.2, 0) is 6.42 Å². The molecule has 232 valence electrons. The van der Waals surface area contributed by atoms with Gasteiger partial charge in [-0.1, -0.05) is 86.7 Å². The first-order valence-corrected chi connectivity index (χ1v) is 18.9. The van der Waals surface area contributed by atoms with Gasteiger partial charge >= 0.3 is 0 Å². The second-order valence-corrected chi connectivity index (χ2v) is 16.8. The SMILES string of the molecule is Cc1c(C)c2c(c(C)c1O)CCC(C)(CCCCCCCCCC[P+](c1ccccc1)(c1ccccc1)c1ccccc1)O2. The lowest BCUT2D eigenvalue weighted by molar-refractivity contribution is 0.0521. The molecule has 1 aliphatic heterocycles. The van der Waals surface area contributed by atoms with Gasteiger partial charge in [0.05, 0.1) is 6.16 Å². The summed E-state index contributed by atoms with van der Waals surface area (Å²) in [6, 6.07) is 33.9. The van der Waals surface area contributed by atoms with E-state index in [0.717, 1.165) is 41.7 Å². The Morgan fingerprint density at radius 3 is 1.57 bits per heavy atom. The van der Waals surface area contributed by atoms with Gasteiger partial charge in [-0.05, 0) is 119 Å². The number of phenolic OH excluding ortho intramolecular Hbond substituents is 1. The number of hydrogen-bond donors (Lipinski definition) is 1. The van der Waals surface area contributed by atoms with Crippen molar-refractivity contribution in [3.8, 4) is 11.5 Å². The van der Waals surface area contributed by atoms with Crippen LogP contribution in [0.15, 0.2) is 91.0 Å². The standard InChI is InChI=1S/C41H51O2P/c1-32-33(2)40-38(34(3)39(32)42)28-30-41(4,43-40)29-20-9-7-5-6-8-10-21-31-44(35-22-14-11-15-23-35,36-24-16-12-17-25-36)37-26-18-13-19-27-37/h11-19,22-27H,5-10,20-21,28-31H2,1-4H3/p+1. The Balaban J connectivity index is 1.09. The highest BCUT2D eigenvalue weighted by atomic mass is 31.2. The van der Waals surface area contributed by atoms with Gasteiger partial charge in [0, 0.05) is 5.56 Å². The molecule has 2 nitrogen and oxygen atoms in total. The van der Waals surface area contributed by atoms with E-state index < -0.39 is 7.26 Å². The molecular formula is C41H52O2P+. The predicted molar refractivity (Wildman–Crippen MR) is 191 cm³/mol. The molecule has 1 N–H and O–H groups in total. The zero-order chi connectivity index (χ0) is 31.0. The van der Waals surface area contributed by atoms with Gasteiger partial charge in [-0.2, -0.15) is 0 Å². The molecule has 44 heavy (non-hydrogen) atoms. The molecule has 0 saturated carbocycles. The molecule has 0 bridgehead atoms. The zero-order valence-electron chi connectivity index (χ0n) is 27.4. The van der Waals surface area contributed by atoms with Crippen LogP contribution in [0.3, 0.4) is 0 Å². The molecule has 4 aromatic carbocycles. The Bertz CT molecular complexity index is 1390. The van der Waals surface area contributed by atoms with Crippen molar-refractivity contribution < 1.29 is 9.84 Å². The molecule has 0 saturated heterocycles. The topological polar surface area (TPSA) is 29.5 Å². The minimum atomic E-state index is -1.70. The summed E-state index contributed by atoms with van der Waals surface area (Å²) in [6.45, 7) is 8.41. The number of unbranched alkanes of at least 4 members (excludes halogenated alkanes) is 7. The average Bonchev–Trinajstić information content (AvgIpc) is 3.06. The van der Waals surface area contributed by atoms with Gasteiger partial charge in [0.25, 0.3) is 0 Å². The Morgan fingerprint density at radius 2 is 1.07 bits per heavy atom. The zero-order valence-corrected chi connectivity index (χ0v) is 28.3. The van der Waals surface area contributed by atoms with Gasteiger partial charge in [-0.3, -0.25) is 0 Å². The molecule has 3 heteroatoms. The van der Waals surface area contributed by atoms with Crippen molar-refractivity contribution >= 4 is 23.2 Å². The molecule has 0 radical (unpaired) electrons.